The van der Waals surface area contributed by atoms with Crippen LogP contribution in [-0.4, -0.2) is 38.2 Å². The lowest BCUT2D eigenvalue weighted by molar-refractivity contribution is 0.0926. The zero-order chi connectivity index (χ0) is 22.2. The van der Waals surface area contributed by atoms with Crippen LogP contribution in [0.4, 0.5) is 5.69 Å². The maximum Gasteiger partial charge on any atom is 0.255 e. The number of amides is 2. The van der Waals surface area contributed by atoms with Gasteiger partial charge in [-0.1, -0.05) is 30.9 Å². The van der Waals surface area contributed by atoms with Crippen LogP contribution < -0.4 is 15.4 Å². The van der Waals surface area contributed by atoms with Gasteiger partial charge in [0.05, 0.1) is 21.7 Å². The molecule has 8 heteroatoms. The van der Waals surface area contributed by atoms with Crippen molar-refractivity contribution >= 4 is 45.0 Å². The lowest BCUT2D eigenvalue weighted by Gasteiger charge is -2.23. The Kier molecular flexibility index (Phi) is 8.75. The number of halogens is 2. The number of methoxy groups -OCH3 is 1. The molecule has 0 saturated heterocycles. The van der Waals surface area contributed by atoms with Crippen LogP contribution in [0.1, 0.15) is 52.8 Å². The van der Waals surface area contributed by atoms with Crippen molar-refractivity contribution < 1.29 is 19.1 Å². The zero-order valence-corrected chi connectivity index (χ0v) is 19.7. The molecule has 0 heterocycles. The van der Waals surface area contributed by atoms with Gasteiger partial charge >= 0.3 is 0 Å². The topological polar surface area (TPSA) is 76.7 Å². The number of carbonyl (C=O) groups excluding carboxylic acids is 2. The van der Waals surface area contributed by atoms with Crippen molar-refractivity contribution in [3.05, 3.63) is 57.0 Å². The quantitative estimate of drug-likeness (QED) is 0.464. The number of nitrogens with one attached hydrogen (secondary N) is 2. The van der Waals surface area contributed by atoms with Crippen LogP contribution in [0, 0.1) is 0 Å². The molecule has 166 valence electrons. The summed E-state index contributed by atoms with van der Waals surface area (Å²) >= 11 is 9.67. The molecule has 1 fully saturated rings. The molecular formula is C23H26BrClN2O4. The molecule has 0 unspecified atom stereocenters. The summed E-state index contributed by atoms with van der Waals surface area (Å²) in [6.45, 7) is 0.888. The van der Waals surface area contributed by atoms with Crippen LogP contribution in [-0.2, 0) is 4.74 Å². The summed E-state index contributed by atoms with van der Waals surface area (Å²) in [5.41, 5.74) is 1.31. The molecule has 2 aromatic rings. The Labute approximate surface area is 195 Å². The van der Waals surface area contributed by atoms with E-state index in [1.165, 1.54) is 6.42 Å². The van der Waals surface area contributed by atoms with Gasteiger partial charge in [0.15, 0.2) is 0 Å². The smallest absolute Gasteiger partial charge is 0.255 e. The van der Waals surface area contributed by atoms with E-state index < -0.39 is 0 Å². The van der Waals surface area contributed by atoms with Crippen molar-refractivity contribution in [3.63, 3.8) is 0 Å². The number of ether oxygens (including phenoxy) is 2. The first kappa shape index (κ1) is 23.6. The van der Waals surface area contributed by atoms with E-state index in [2.05, 4.69) is 26.6 Å². The molecule has 31 heavy (non-hydrogen) atoms. The van der Waals surface area contributed by atoms with E-state index in [1.807, 2.05) is 0 Å². The summed E-state index contributed by atoms with van der Waals surface area (Å²) in [6.07, 6.45) is 5.44. The summed E-state index contributed by atoms with van der Waals surface area (Å²) in [7, 11) is 1.60. The molecule has 3 rings (SSSR count). The van der Waals surface area contributed by atoms with Crippen molar-refractivity contribution in [1.82, 2.24) is 5.32 Å². The van der Waals surface area contributed by atoms with Gasteiger partial charge < -0.3 is 20.1 Å². The SMILES string of the molecule is COCCOc1ccc(C(=O)Nc2ccc(Cl)c(C(=O)NC3CCCCC3)c2)cc1Br. The van der Waals surface area contributed by atoms with Crippen molar-refractivity contribution in [3.8, 4) is 5.75 Å². The second-order valence-corrected chi connectivity index (χ2v) is 8.71. The van der Waals surface area contributed by atoms with Crippen LogP contribution in [0.25, 0.3) is 0 Å². The van der Waals surface area contributed by atoms with Gasteiger partial charge in [-0.3, -0.25) is 9.59 Å². The van der Waals surface area contributed by atoms with Crippen molar-refractivity contribution in [2.45, 2.75) is 38.1 Å². The minimum absolute atomic E-state index is 0.178. The molecule has 2 amide bonds. The summed E-state index contributed by atoms with van der Waals surface area (Å²) in [4.78, 5) is 25.4. The predicted molar refractivity (Wildman–Crippen MR) is 125 cm³/mol. The predicted octanol–water partition coefficient (Wildman–Crippen LogP) is 5.44. The fourth-order valence-corrected chi connectivity index (χ4v) is 4.18. The maximum absolute atomic E-state index is 12.7. The highest BCUT2D eigenvalue weighted by molar-refractivity contribution is 9.10. The molecule has 2 aromatic carbocycles. The van der Waals surface area contributed by atoms with Gasteiger partial charge in [0.25, 0.3) is 11.8 Å². The van der Waals surface area contributed by atoms with Crippen molar-refractivity contribution in [1.29, 1.82) is 0 Å². The van der Waals surface area contributed by atoms with Gasteiger partial charge in [-0.25, -0.2) is 0 Å². The summed E-state index contributed by atoms with van der Waals surface area (Å²) in [5.74, 6) is 0.111. The highest BCUT2D eigenvalue weighted by Crippen LogP contribution is 2.27. The Morgan fingerprint density at radius 3 is 2.55 bits per heavy atom. The van der Waals surface area contributed by atoms with Crippen LogP contribution in [0.5, 0.6) is 5.75 Å². The Bertz CT molecular complexity index is 932. The van der Waals surface area contributed by atoms with Crippen molar-refractivity contribution in [2.24, 2.45) is 0 Å². The van der Waals surface area contributed by atoms with E-state index >= 15 is 0 Å². The Morgan fingerprint density at radius 1 is 1.06 bits per heavy atom. The molecule has 0 radical (unpaired) electrons. The standard InChI is InChI=1S/C23H26BrClN2O4/c1-30-11-12-31-21-10-7-15(13-19(21)24)22(28)27-17-8-9-20(25)18(14-17)23(29)26-16-5-3-2-4-6-16/h7-10,13-14,16H,2-6,11-12H2,1H3,(H,26,29)(H,27,28). The fraction of sp³-hybridized carbons (Fsp3) is 0.391. The third-order valence-corrected chi connectivity index (χ3v) is 6.10. The molecule has 0 spiro atoms. The molecule has 0 bridgehead atoms. The Balaban J connectivity index is 1.66. The summed E-state index contributed by atoms with van der Waals surface area (Å²) in [5, 5.41) is 6.24. The van der Waals surface area contributed by atoms with E-state index in [1.54, 1.807) is 43.5 Å². The first-order valence-corrected chi connectivity index (χ1v) is 11.5. The Hall–Kier alpha value is -2.09. The molecule has 0 atom stereocenters. The zero-order valence-electron chi connectivity index (χ0n) is 17.4. The second kappa shape index (κ2) is 11.5. The van der Waals surface area contributed by atoms with E-state index in [0.29, 0.717) is 45.3 Å². The number of carbonyl (C=O) groups is 2. The van der Waals surface area contributed by atoms with Crippen LogP contribution in [0.2, 0.25) is 5.02 Å². The third-order valence-electron chi connectivity index (χ3n) is 5.15. The summed E-state index contributed by atoms with van der Waals surface area (Å²) < 4.78 is 11.2. The highest BCUT2D eigenvalue weighted by Gasteiger charge is 2.19. The van der Waals surface area contributed by atoms with Gasteiger partial charge in [-0.05, 0) is 65.2 Å². The number of anilines is 1. The van der Waals surface area contributed by atoms with E-state index in [9.17, 15) is 9.59 Å². The Morgan fingerprint density at radius 2 is 1.84 bits per heavy atom. The molecule has 0 aliphatic heterocycles. The minimum Gasteiger partial charge on any atom is -0.490 e. The van der Waals surface area contributed by atoms with Crippen LogP contribution >= 0.6 is 27.5 Å². The number of hydrogen-bond acceptors (Lipinski definition) is 4. The highest BCUT2D eigenvalue weighted by atomic mass is 79.9. The molecule has 2 N–H and O–H groups in total. The largest absolute Gasteiger partial charge is 0.490 e. The van der Waals surface area contributed by atoms with Crippen LogP contribution in [0.15, 0.2) is 40.9 Å². The monoisotopic (exact) mass is 508 g/mol. The van der Waals surface area contributed by atoms with E-state index in [0.717, 1.165) is 25.7 Å². The average molecular weight is 510 g/mol. The molecule has 1 aliphatic carbocycles. The maximum atomic E-state index is 12.7. The molecule has 0 aromatic heterocycles. The minimum atomic E-state index is -0.301. The lowest BCUT2D eigenvalue weighted by Crippen LogP contribution is -2.36. The molecule has 1 saturated carbocycles. The second-order valence-electron chi connectivity index (χ2n) is 7.44. The average Bonchev–Trinajstić information content (AvgIpc) is 2.77. The van der Waals surface area contributed by atoms with E-state index in [-0.39, 0.29) is 17.9 Å². The van der Waals surface area contributed by atoms with Gasteiger partial charge in [-0.2, -0.15) is 0 Å². The number of hydrogen-bond donors (Lipinski definition) is 2. The fourth-order valence-electron chi connectivity index (χ4n) is 3.48. The van der Waals surface area contributed by atoms with Gasteiger partial charge in [0, 0.05) is 24.4 Å². The summed E-state index contributed by atoms with van der Waals surface area (Å²) in [6, 6.07) is 10.2. The van der Waals surface area contributed by atoms with Gasteiger partial charge in [-0.15, -0.1) is 0 Å². The number of benzene rings is 2. The molecule has 6 nitrogen and oxygen atoms in total. The first-order chi connectivity index (χ1) is 15.0. The molecule has 1 aliphatic rings. The normalized spacial score (nSPS) is 14.2. The third kappa shape index (κ3) is 6.69. The van der Waals surface area contributed by atoms with Gasteiger partial charge in [0.1, 0.15) is 12.4 Å². The van der Waals surface area contributed by atoms with Gasteiger partial charge in [0.2, 0.25) is 0 Å². The first-order valence-electron chi connectivity index (χ1n) is 10.3. The lowest BCUT2D eigenvalue weighted by atomic mass is 9.95. The molecular weight excluding hydrogens is 484 g/mol. The van der Waals surface area contributed by atoms with E-state index in [4.69, 9.17) is 21.1 Å². The number of rotatable bonds is 8. The van der Waals surface area contributed by atoms with Crippen LogP contribution in [0.3, 0.4) is 0 Å². The van der Waals surface area contributed by atoms with Crippen molar-refractivity contribution in [2.75, 3.05) is 25.6 Å².